The second-order valence-corrected chi connectivity index (χ2v) is 11.7. The van der Waals surface area contributed by atoms with Gasteiger partial charge in [-0.1, -0.05) is 57.0 Å². The first-order valence-electron chi connectivity index (χ1n) is 13.7. The van der Waals surface area contributed by atoms with Gasteiger partial charge in [0.2, 0.25) is 0 Å². The number of rotatable bonds is 7. The van der Waals surface area contributed by atoms with Gasteiger partial charge in [-0.3, -0.25) is 9.69 Å². The molecule has 38 heavy (non-hydrogen) atoms. The third-order valence-electron chi connectivity index (χ3n) is 8.13. The van der Waals surface area contributed by atoms with E-state index in [1.807, 2.05) is 42.5 Å². The van der Waals surface area contributed by atoms with Crippen LogP contribution < -0.4 is 5.32 Å². The molecule has 1 aliphatic heterocycles. The summed E-state index contributed by atoms with van der Waals surface area (Å²) < 4.78 is 0. The Morgan fingerprint density at radius 3 is 2.39 bits per heavy atom. The van der Waals surface area contributed by atoms with Crippen molar-refractivity contribution in [3.05, 3.63) is 82.2 Å². The van der Waals surface area contributed by atoms with Crippen molar-refractivity contribution in [2.45, 2.75) is 46.0 Å². The van der Waals surface area contributed by atoms with Crippen molar-refractivity contribution < 1.29 is 14.7 Å². The molecule has 0 bridgehead atoms. The molecule has 1 saturated carbocycles. The molecule has 5 nitrogen and oxygen atoms in total. The number of nitrogens with one attached hydrogen (secondary N) is 1. The molecule has 5 rings (SSSR count). The van der Waals surface area contributed by atoms with Gasteiger partial charge in [0.15, 0.2) is 0 Å². The zero-order chi connectivity index (χ0) is 26.6. The highest BCUT2D eigenvalue weighted by Gasteiger charge is 2.30. The van der Waals surface area contributed by atoms with E-state index in [1.54, 1.807) is 12.1 Å². The van der Waals surface area contributed by atoms with E-state index < -0.39 is 5.97 Å². The third kappa shape index (κ3) is 5.77. The number of benzene rings is 2. The highest BCUT2D eigenvalue weighted by Crippen LogP contribution is 2.43. The summed E-state index contributed by atoms with van der Waals surface area (Å²) in [5.41, 5.74) is 5.92. The minimum atomic E-state index is -0.856. The molecule has 2 N–H and O–H groups in total. The summed E-state index contributed by atoms with van der Waals surface area (Å²) in [6, 6.07) is 18.9. The lowest BCUT2D eigenvalue weighted by Gasteiger charge is -2.36. The van der Waals surface area contributed by atoms with Gasteiger partial charge in [-0.2, -0.15) is 0 Å². The normalized spacial score (nSPS) is 20.4. The van der Waals surface area contributed by atoms with Gasteiger partial charge in [-0.15, -0.1) is 11.3 Å². The van der Waals surface area contributed by atoms with Crippen LogP contribution in [0.2, 0.25) is 0 Å². The van der Waals surface area contributed by atoms with Crippen molar-refractivity contribution in [1.82, 2.24) is 4.90 Å². The van der Waals surface area contributed by atoms with E-state index in [4.69, 9.17) is 0 Å². The maximum atomic E-state index is 12.5. The van der Waals surface area contributed by atoms with Crippen molar-refractivity contribution in [2.75, 3.05) is 25.0 Å². The summed E-state index contributed by atoms with van der Waals surface area (Å²) in [5, 5.41) is 13.1. The van der Waals surface area contributed by atoms with E-state index in [1.165, 1.54) is 48.2 Å². The molecule has 6 heteroatoms. The lowest BCUT2D eigenvalue weighted by Crippen LogP contribution is -2.34. The average Bonchev–Trinajstić information content (AvgIpc) is 3.40. The fourth-order valence-electron chi connectivity index (χ4n) is 5.83. The first-order valence-corrected chi connectivity index (χ1v) is 14.5. The number of carboxylic acids is 1. The predicted octanol–water partition coefficient (Wildman–Crippen LogP) is 7.67. The predicted molar refractivity (Wildman–Crippen MR) is 156 cm³/mol. The van der Waals surface area contributed by atoms with Crippen LogP contribution in [0.25, 0.3) is 16.0 Å². The lowest BCUT2D eigenvalue weighted by molar-refractivity contribution is 0.0701. The Morgan fingerprint density at radius 2 is 1.74 bits per heavy atom. The molecule has 2 heterocycles. The van der Waals surface area contributed by atoms with E-state index in [0.29, 0.717) is 22.0 Å². The minimum Gasteiger partial charge on any atom is -0.477 e. The van der Waals surface area contributed by atoms with Crippen LogP contribution in [0.15, 0.2) is 66.2 Å². The standard InChI is InChI=1S/C32H36N2O3S/c1-3-34-18-17-26(28(20-34)22-11-9-21(2)10-12-22)27-19-29(38-30(27)32(36)37)23-13-15-25(16-14-23)33-31(35)24-7-5-4-6-8-24/h4-8,13-16,19,21-22H,3,9-12,17-18,20H2,1-2H3,(H,33,35)(H,36,37). The van der Waals surface area contributed by atoms with Crippen LogP contribution in [0, 0.1) is 11.8 Å². The van der Waals surface area contributed by atoms with Gasteiger partial charge in [-0.25, -0.2) is 4.79 Å². The second kappa shape index (κ2) is 11.7. The molecule has 0 radical (unpaired) electrons. The largest absolute Gasteiger partial charge is 0.477 e. The maximum Gasteiger partial charge on any atom is 0.346 e. The molecule has 1 aliphatic carbocycles. The van der Waals surface area contributed by atoms with Gasteiger partial charge in [0.1, 0.15) is 4.88 Å². The van der Waals surface area contributed by atoms with E-state index in [0.717, 1.165) is 48.0 Å². The minimum absolute atomic E-state index is 0.153. The SMILES string of the molecule is CCN1CCC(c2cc(-c3ccc(NC(=O)c4ccccc4)cc3)sc2C(=O)O)=C(C2CCC(C)CC2)C1. The Hall–Kier alpha value is -3.22. The van der Waals surface area contributed by atoms with Crippen LogP contribution >= 0.6 is 11.3 Å². The third-order valence-corrected chi connectivity index (χ3v) is 9.30. The lowest BCUT2D eigenvalue weighted by atomic mass is 9.75. The first kappa shape index (κ1) is 26.4. The summed E-state index contributed by atoms with van der Waals surface area (Å²) in [5.74, 6) is 0.321. The van der Waals surface area contributed by atoms with Crippen molar-refractivity contribution in [1.29, 1.82) is 0 Å². The summed E-state index contributed by atoms with van der Waals surface area (Å²) in [6.07, 6.45) is 5.80. The number of amides is 1. The Morgan fingerprint density at radius 1 is 1.03 bits per heavy atom. The number of anilines is 1. The molecule has 2 aromatic carbocycles. The summed E-state index contributed by atoms with van der Waals surface area (Å²) in [7, 11) is 0. The van der Waals surface area contributed by atoms with Crippen LogP contribution in [0.5, 0.6) is 0 Å². The molecule has 3 aromatic rings. The van der Waals surface area contributed by atoms with E-state index in [2.05, 4.69) is 30.1 Å². The van der Waals surface area contributed by atoms with Gasteiger partial charge in [0.05, 0.1) is 0 Å². The van der Waals surface area contributed by atoms with Crippen LogP contribution in [0.3, 0.4) is 0 Å². The number of aromatic carboxylic acids is 1. The Balaban J connectivity index is 1.44. The summed E-state index contributed by atoms with van der Waals surface area (Å²) in [6.45, 7) is 7.50. The van der Waals surface area contributed by atoms with E-state index >= 15 is 0 Å². The second-order valence-electron chi connectivity index (χ2n) is 10.6. The number of carbonyl (C=O) groups is 2. The number of hydrogen-bond acceptors (Lipinski definition) is 4. The average molecular weight is 529 g/mol. The van der Waals surface area contributed by atoms with Crippen LogP contribution in [0.4, 0.5) is 5.69 Å². The molecule has 0 spiro atoms. The van der Waals surface area contributed by atoms with Gasteiger partial charge >= 0.3 is 5.97 Å². The fourth-order valence-corrected chi connectivity index (χ4v) is 6.86. The van der Waals surface area contributed by atoms with Gasteiger partial charge < -0.3 is 10.4 Å². The maximum absolute atomic E-state index is 12.5. The summed E-state index contributed by atoms with van der Waals surface area (Å²) in [4.78, 5) is 28.8. The molecule has 1 fully saturated rings. The number of likely N-dealkylation sites (N-methyl/N-ethyl adjacent to an activating group) is 1. The zero-order valence-corrected chi connectivity index (χ0v) is 23.0. The Kier molecular flexibility index (Phi) is 8.10. The van der Waals surface area contributed by atoms with Crippen LogP contribution in [0.1, 0.15) is 71.5 Å². The van der Waals surface area contributed by atoms with Crippen molar-refractivity contribution in [3.8, 4) is 10.4 Å². The number of carboxylic acid groups (broad SMARTS) is 1. The quantitative estimate of drug-likeness (QED) is 0.330. The topological polar surface area (TPSA) is 69.6 Å². The van der Waals surface area contributed by atoms with Crippen LogP contribution in [-0.2, 0) is 0 Å². The Bertz CT molecular complexity index is 1320. The first-order chi connectivity index (χ1) is 18.4. The van der Waals surface area contributed by atoms with Gasteiger partial charge in [-0.05, 0) is 84.7 Å². The van der Waals surface area contributed by atoms with Crippen molar-refractivity contribution in [2.24, 2.45) is 11.8 Å². The highest BCUT2D eigenvalue weighted by atomic mass is 32.1. The van der Waals surface area contributed by atoms with Crippen LogP contribution in [-0.4, -0.2) is 41.5 Å². The fraction of sp³-hybridized carbons (Fsp3) is 0.375. The number of carbonyl (C=O) groups excluding carboxylic acids is 1. The number of thiophene rings is 1. The molecular weight excluding hydrogens is 492 g/mol. The van der Waals surface area contributed by atoms with Gasteiger partial charge in [0.25, 0.3) is 5.91 Å². The van der Waals surface area contributed by atoms with Crippen molar-refractivity contribution in [3.63, 3.8) is 0 Å². The zero-order valence-electron chi connectivity index (χ0n) is 22.2. The molecule has 0 unspecified atom stereocenters. The smallest absolute Gasteiger partial charge is 0.346 e. The molecule has 0 saturated heterocycles. The van der Waals surface area contributed by atoms with E-state index in [9.17, 15) is 14.7 Å². The molecule has 2 aliphatic rings. The Labute approximate surface area is 229 Å². The molecule has 1 aromatic heterocycles. The molecular formula is C32H36N2O3S. The molecule has 1 amide bonds. The highest BCUT2D eigenvalue weighted by molar-refractivity contribution is 7.17. The van der Waals surface area contributed by atoms with E-state index in [-0.39, 0.29) is 5.91 Å². The van der Waals surface area contributed by atoms with Crippen molar-refractivity contribution >= 4 is 34.5 Å². The molecule has 198 valence electrons. The molecule has 0 atom stereocenters. The monoisotopic (exact) mass is 528 g/mol. The van der Waals surface area contributed by atoms with Gasteiger partial charge in [0, 0.05) is 34.8 Å². The number of hydrogen-bond donors (Lipinski definition) is 2. The summed E-state index contributed by atoms with van der Waals surface area (Å²) >= 11 is 1.35. The number of nitrogens with zero attached hydrogens (tertiary/aromatic N) is 1.